The van der Waals surface area contributed by atoms with E-state index in [9.17, 15) is 4.39 Å². The summed E-state index contributed by atoms with van der Waals surface area (Å²) < 4.78 is 15.0. The van der Waals surface area contributed by atoms with Crippen molar-refractivity contribution in [2.75, 3.05) is 6.54 Å². The zero-order valence-corrected chi connectivity index (χ0v) is 13.4. The summed E-state index contributed by atoms with van der Waals surface area (Å²) in [6.45, 7) is 5.02. The largest absolute Gasteiger partial charge is 0.306 e. The van der Waals surface area contributed by atoms with Crippen molar-refractivity contribution in [3.05, 3.63) is 69.4 Å². The molecule has 3 heteroatoms. The number of hydrogen-bond donors (Lipinski definition) is 1. The van der Waals surface area contributed by atoms with Crippen LogP contribution in [-0.4, -0.2) is 6.54 Å². The van der Waals surface area contributed by atoms with E-state index in [4.69, 9.17) is 0 Å². The van der Waals surface area contributed by atoms with Crippen molar-refractivity contribution in [1.29, 1.82) is 0 Å². The number of rotatable bonds is 5. The Morgan fingerprint density at radius 2 is 2.00 bits per heavy atom. The van der Waals surface area contributed by atoms with Gasteiger partial charge in [-0.1, -0.05) is 58.7 Å². The van der Waals surface area contributed by atoms with E-state index in [0.29, 0.717) is 5.56 Å². The predicted molar refractivity (Wildman–Crippen MR) is 85.4 cm³/mol. The fourth-order valence-electron chi connectivity index (χ4n) is 2.28. The average molecular weight is 336 g/mol. The normalized spacial score (nSPS) is 12.4. The summed E-state index contributed by atoms with van der Waals surface area (Å²) in [6.07, 6.45) is 1.01. The maximum Gasteiger partial charge on any atom is 0.129 e. The van der Waals surface area contributed by atoms with Crippen molar-refractivity contribution in [3.63, 3.8) is 0 Å². The van der Waals surface area contributed by atoms with Crippen molar-refractivity contribution in [1.82, 2.24) is 5.32 Å². The zero-order chi connectivity index (χ0) is 14.5. The molecule has 1 N–H and O–H groups in total. The van der Waals surface area contributed by atoms with E-state index in [-0.39, 0.29) is 11.9 Å². The average Bonchev–Trinajstić information content (AvgIpc) is 2.41. The molecule has 2 aromatic carbocycles. The molecule has 0 saturated heterocycles. The van der Waals surface area contributed by atoms with Crippen molar-refractivity contribution in [3.8, 4) is 0 Å². The molecule has 2 rings (SSSR count). The molecule has 106 valence electrons. The van der Waals surface area contributed by atoms with Crippen LogP contribution >= 0.6 is 15.9 Å². The molecule has 1 nitrogen and oxygen atoms in total. The van der Waals surface area contributed by atoms with Crippen molar-refractivity contribution in [2.45, 2.75) is 26.3 Å². The zero-order valence-electron chi connectivity index (χ0n) is 11.8. The number of hydrogen-bond acceptors (Lipinski definition) is 1. The Morgan fingerprint density at radius 3 is 2.65 bits per heavy atom. The van der Waals surface area contributed by atoms with Crippen molar-refractivity contribution < 1.29 is 4.39 Å². The molecule has 0 aromatic heterocycles. The first-order valence-electron chi connectivity index (χ1n) is 6.86. The third-order valence-electron chi connectivity index (χ3n) is 3.25. The van der Waals surface area contributed by atoms with E-state index in [1.54, 1.807) is 0 Å². The molecule has 0 saturated carbocycles. The highest BCUT2D eigenvalue weighted by atomic mass is 79.9. The summed E-state index contributed by atoms with van der Waals surface area (Å²) in [5.74, 6) is -0.186. The first-order valence-corrected chi connectivity index (χ1v) is 7.66. The van der Waals surface area contributed by atoms with Gasteiger partial charge in [0.2, 0.25) is 0 Å². The quantitative estimate of drug-likeness (QED) is 0.811. The smallest absolute Gasteiger partial charge is 0.129 e. The van der Waals surface area contributed by atoms with Gasteiger partial charge in [0.15, 0.2) is 0 Å². The van der Waals surface area contributed by atoms with Crippen LogP contribution < -0.4 is 5.32 Å². The molecule has 0 bridgehead atoms. The summed E-state index contributed by atoms with van der Waals surface area (Å²) in [7, 11) is 0. The van der Waals surface area contributed by atoms with Crippen LogP contribution in [0.15, 0.2) is 46.9 Å². The second-order valence-corrected chi connectivity index (χ2v) is 5.88. The predicted octanol–water partition coefficient (Wildman–Crippen LogP) is 4.99. The van der Waals surface area contributed by atoms with Gasteiger partial charge in [-0.05, 0) is 37.6 Å². The molecule has 1 unspecified atom stereocenters. The number of aryl methyl sites for hydroxylation is 1. The number of nitrogens with one attached hydrogen (secondary N) is 1. The van der Waals surface area contributed by atoms with Gasteiger partial charge in [0, 0.05) is 10.0 Å². The van der Waals surface area contributed by atoms with Crippen molar-refractivity contribution >= 4 is 15.9 Å². The van der Waals surface area contributed by atoms with Gasteiger partial charge < -0.3 is 5.32 Å². The SMILES string of the molecule is CCCNC(c1cccc(C)c1)c1ccc(Br)cc1F. The molecule has 0 aliphatic rings. The number of halogens is 2. The van der Waals surface area contributed by atoms with E-state index in [0.717, 1.165) is 23.0 Å². The summed E-state index contributed by atoms with van der Waals surface area (Å²) >= 11 is 3.31. The van der Waals surface area contributed by atoms with Crippen LogP contribution in [-0.2, 0) is 0 Å². The molecule has 0 spiro atoms. The topological polar surface area (TPSA) is 12.0 Å². The van der Waals surface area contributed by atoms with Crippen LogP contribution in [0.3, 0.4) is 0 Å². The van der Waals surface area contributed by atoms with E-state index in [1.807, 2.05) is 24.3 Å². The van der Waals surface area contributed by atoms with E-state index in [1.165, 1.54) is 11.6 Å². The van der Waals surface area contributed by atoms with Gasteiger partial charge in [-0.3, -0.25) is 0 Å². The second kappa shape index (κ2) is 7.00. The van der Waals surface area contributed by atoms with Gasteiger partial charge in [-0.25, -0.2) is 4.39 Å². The van der Waals surface area contributed by atoms with Crippen LogP contribution in [0.2, 0.25) is 0 Å². The molecule has 2 aromatic rings. The Labute approximate surface area is 128 Å². The highest BCUT2D eigenvalue weighted by molar-refractivity contribution is 9.10. The molecule has 0 amide bonds. The van der Waals surface area contributed by atoms with Gasteiger partial charge in [0.1, 0.15) is 5.82 Å². The highest BCUT2D eigenvalue weighted by Crippen LogP contribution is 2.27. The van der Waals surface area contributed by atoms with E-state index < -0.39 is 0 Å². The fourth-order valence-corrected chi connectivity index (χ4v) is 2.61. The third kappa shape index (κ3) is 3.68. The molecular formula is C17H19BrFN. The van der Waals surface area contributed by atoms with E-state index in [2.05, 4.69) is 47.2 Å². The number of benzene rings is 2. The third-order valence-corrected chi connectivity index (χ3v) is 3.74. The summed E-state index contributed by atoms with van der Waals surface area (Å²) in [6, 6.07) is 13.4. The molecular weight excluding hydrogens is 317 g/mol. The van der Waals surface area contributed by atoms with Crippen LogP contribution in [0.5, 0.6) is 0 Å². The fraction of sp³-hybridized carbons (Fsp3) is 0.294. The Bertz CT molecular complexity index is 583. The van der Waals surface area contributed by atoms with Crippen LogP contribution in [0.4, 0.5) is 4.39 Å². The highest BCUT2D eigenvalue weighted by Gasteiger charge is 2.17. The van der Waals surface area contributed by atoms with Crippen molar-refractivity contribution in [2.24, 2.45) is 0 Å². The van der Waals surface area contributed by atoms with Gasteiger partial charge in [0.05, 0.1) is 6.04 Å². The Morgan fingerprint density at radius 1 is 1.20 bits per heavy atom. The van der Waals surface area contributed by atoms with Gasteiger partial charge in [-0.2, -0.15) is 0 Å². The van der Waals surface area contributed by atoms with Gasteiger partial charge >= 0.3 is 0 Å². The van der Waals surface area contributed by atoms with Crippen LogP contribution in [0, 0.1) is 12.7 Å². The Balaban J connectivity index is 2.41. The molecule has 20 heavy (non-hydrogen) atoms. The summed E-state index contributed by atoms with van der Waals surface area (Å²) in [5.41, 5.74) is 2.97. The maximum atomic E-state index is 14.2. The summed E-state index contributed by atoms with van der Waals surface area (Å²) in [5, 5.41) is 3.43. The minimum Gasteiger partial charge on any atom is -0.306 e. The van der Waals surface area contributed by atoms with Crippen LogP contribution in [0.1, 0.15) is 36.1 Å². The van der Waals surface area contributed by atoms with Crippen LogP contribution in [0.25, 0.3) is 0 Å². The Kier molecular flexibility index (Phi) is 5.32. The maximum absolute atomic E-state index is 14.2. The molecule has 0 fully saturated rings. The lowest BCUT2D eigenvalue weighted by Gasteiger charge is -2.21. The Hall–Kier alpha value is -1.19. The lowest BCUT2D eigenvalue weighted by molar-refractivity contribution is 0.546. The molecule has 0 heterocycles. The molecule has 0 aliphatic carbocycles. The first kappa shape index (κ1) is 15.2. The standard InChI is InChI=1S/C17H19BrFN/c1-3-9-20-17(13-6-4-5-12(2)10-13)15-8-7-14(18)11-16(15)19/h4-8,10-11,17,20H,3,9H2,1-2H3. The molecule has 0 radical (unpaired) electrons. The molecule has 0 aliphatic heterocycles. The minimum atomic E-state index is -0.186. The second-order valence-electron chi connectivity index (χ2n) is 4.97. The lowest BCUT2D eigenvalue weighted by atomic mass is 9.97. The molecule has 1 atom stereocenters. The first-order chi connectivity index (χ1) is 9.61. The minimum absolute atomic E-state index is 0.108. The lowest BCUT2D eigenvalue weighted by Crippen LogP contribution is -2.24. The summed E-state index contributed by atoms with van der Waals surface area (Å²) in [4.78, 5) is 0. The monoisotopic (exact) mass is 335 g/mol. The van der Waals surface area contributed by atoms with E-state index >= 15 is 0 Å². The van der Waals surface area contributed by atoms with Gasteiger partial charge in [-0.15, -0.1) is 0 Å². The van der Waals surface area contributed by atoms with Gasteiger partial charge in [0.25, 0.3) is 0 Å².